The summed E-state index contributed by atoms with van der Waals surface area (Å²) < 4.78 is 69.1. The van der Waals surface area contributed by atoms with Crippen LogP contribution in [-0.4, -0.2) is 33.5 Å². The number of halogens is 6. The molecule has 80 valence electrons. The molecular formula is C6H10F6Sn. The number of hydrogen-bond acceptors (Lipinski definition) is 0. The van der Waals surface area contributed by atoms with Gasteiger partial charge in [0.15, 0.2) is 0 Å². The Labute approximate surface area is 81.9 Å². The second-order valence-corrected chi connectivity index (χ2v) is 8.85. The van der Waals surface area contributed by atoms with Crippen molar-refractivity contribution in [1.82, 2.24) is 0 Å². The maximum atomic E-state index is 11.5. The van der Waals surface area contributed by atoms with E-state index in [1.165, 1.54) is 0 Å². The monoisotopic (exact) mass is 316 g/mol. The van der Waals surface area contributed by atoms with Gasteiger partial charge in [-0.15, -0.1) is 0 Å². The molecule has 0 aromatic rings. The van der Waals surface area contributed by atoms with E-state index in [-0.39, 0.29) is 8.87 Å². The molecule has 0 rings (SSSR count). The van der Waals surface area contributed by atoms with Gasteiger partial charge in [0.25, 0.3) is 0 Å². The van der Waals surface area contributed by atoms with Gasteiger partial charge in [-0.25, -0.2) is 0 Å². The molecule has 0 aromatic heterocycles. The van der Waals surface area contributed by atoms with Crippen LogP contribution in [0.25, 0.3) is 0 Å². The van der Waals surface area contributed by atoms with Crippen molar-refractivity contribution < 1.29 is 26.3 Å². The first-order chi connectivity index (χ1) is 5.71. The van der Waals surface area contributed by atoms with Gasteiger partial charge >= 0.3 is 81.6 Å². The molecule has 0 heterocycles. The van der Waals surface area contributed by atoms with Gasteiger partial charge in [0.05, 0.1) is 0 Å². The third-order valence-corrected chi connectivity index (χ3v) is 6.29. The molecule has 0 aliphatic carbocycles. The van der Waals surface area contributed by atoms with Crippen LogP contribution in [0.5, 0.6) is 0 Å². The Hall–Kier alpha value is 0.379. The van der Waals surface area contributed by atoms with Gasteiger partial charge in [0.2, 0.25) is 0 Å². The summed E-state index contributed by atoms with van der Waals surface area (Å²) in [4.78, 5) is 0. The van der Waals surface area contributed by atoms with Crippen LogP contribution in [0.15, 0.2) is 0 Å². The fraction of sp³-hybridized carbons (Fsp3) is 1.00. The predicted molar refractivity (Wildman–Crippen MR) is 39.5 cm³/mol. The van der Waals surface area contributed by atoms with E-state index in [1.54, 1.807) is 0 Å². The fourth-order valence-corrected chi connectivity index (χ4v) is 5.55. The predicted octanol–water partition coefficient (Wildman–Crippen LogP) is 2.90. The molecular weight excluding hydrogens is 305 g/mol. The average molecular weight is 315 g/mol. The zero-order valence-corrected chi connectivity index (χ0v) is 10.8. The molecule has 0 saturated heterocycles. The summed E-state index contributed by atoms with van der Waals surface area (Å²) in [5.41, 5.74) is 0. The molecule has 0 fully saturated rings. The molecule has 0 aliphatic rings. The molecule has 0 bridgehead atoms. The zero-order chi connectivity index (χ0) is 10.5. The van der Waals surface area contributed by atoms with Gasteiger partial charge in [-0.2, -0.15) is 0 Å². The normalized spacial score (nSPS) is 13.4. The van der Waals surface area contributed by atoms with Crippen LogP contribution in [-0.2, 0) is 0 Å². The minimum absolute atomic E-state index is 0.0126. The second kappa shape index (κ2) is 5.31. The van der Waals surface area contributed by atoms with Crippen molar-refractivity contribution in [3.05, 3.63) is 0 Å². The van der Waals surface area contributed by atoms with E-state index in [2.05, 4.69) is 0 Å². The van der Waals surface area contributed by atoms with Gasteiger partial charge < -0.3 is 0 Å². The van der Waals surface area contributed by atoms with Crippen LogP contribution in [0.4, 0.5) is 26.3 Å². The van der Waals surface area contributed by atoms with Gasteiger partial charge in [-0.1, -0.05) is 0 Å². The van der Waals surface area contributed by atoms with Crippen molar-refractivity contribution in [3.63, 3.8) is 0 Å². The van der Waals surface area contributed by atoms with Gasteiger partial charge in [-0.05, 0) is 0 Å². The summed E-state index contributed by atoms with van der Waals surface area (Å²) in [7, 11) is 0. The van der Waals surface area contributed by atoms with Crippen LogP contribution in [0.1, 0.15) is 12.8 Å². The van der Waals surface area contributed by atoms with E-state index in [0.717, 1.165) is 0 Å². The molecule has 0 N–H and O–H groups in total. The summed E-state index contributed by atoms with van der Waals surface area (Å²) in [6.07, 6.45) is -10.2. The topological polar surface area (TPSA) is 0 Å². The van der Waals surface area contributed by atoms with Crippen LogP contribution in [0, 0.1) is 0 Å². The first-order valence-corrected chi connectivity index (χ1v) is 9.55. The van der Waals surface area contributed by atoms with Crippen LogP contribution >= 0.6 is 0 Å². The summed E-state index contributed by atoms with van der Waals surface area (Å²) >= 11 is -1.78. The first kappa shape index (κ1) is 13.4. The Balaban J connectivity index is 3.28. The molecule has 0 unspecified atom stereocenters. The second-order valence-electron chi connectivity index (χ2n) is 2.79. The third kappa shape index (κ3) is 12.4. The van der Waals surface area contributed by atoms with E-state index in [4.69, 9.17) is 0 Å². The SMILES string of the molecule is FC(F)(F)C[CH2][SnH2][CH2]CC(F)(F)F. The van der Waals surface area contributed by atoms with Crippen molar-refractivity contribution in [3.8, 4) is 0 Å². The van der Waals surface area contributed by atoms with Crippen molar-refractivity contribution in [2.24, 2.45) is 0 Å². The van der Waals surface area contributed by atoms with Crippen LogP contribution in [0.3, 0.4) is 0 Å². The molecule has 0 spiro atoms. The Morgan fingerprint density at radius 1 is 0.692 bits per heavy atom. The molecule has 0 aromatic carbocycles. The summed E-state index contributed by atoms with van der Waals surface area (Å²) in [6, 6.07) is 0. The number of hydrogen-bond donors (Lipinski definition) is 0. The van der Waals surface area contributed by atoms with Crippen molar-refractivity contribution >= 4 is 21.1 Å². The summed E-state index contributed by atoms with van der Waals surface area (Å²) in [5, 5.41) is 0. The van der Waals surface area contributed by atoms with E-state index >= 15 is 0 Å². The molecule has 0 atom stereocenters. The minimum atomic E-state index is -4.20. The Kier molecular flexibility index (Phi) is 5.46. The molecule has 0 radical (unpaired) electrons. The van der Waals surface area contributed by atoms with Crippen LogP contribution in [0.2, 0.25) is 8.87 Å². The summed E-state index contributed by atoms with van der Waals surface area (Å²) in [5.74, 6) is 0. The van der Waals surface area contributed by atoms with Crippen molar-refractivity contribution in [1.29, 1.82) is 0 Å². The Morgan fingerprint density at radius 3 is 1.23 bits per heavy atom. The molecule has 0 saturated carbocycles. The average Bonchev–Trinajstić information content (AvgIpc) is 1.81. The van der Waals surface area contributed by atoms with E-state index in [9.17, 15) is 26.3 Å². The Bertz CT molecular complexity index is 121. The van der Waals surface area contributed by atoms with Crippen molar-refractivity contribution in [2.75, 3.05) is 0 Å². The quantitative estimate of drug-likeness (QED) is 0.425. The molecule has 13 heavy (non-hydrogen) atoms. The van der Waals surface area contributed by atoms with E-state index < -0.39 is 46.3 Å². The molecule has 7 heteroatoms. The fourth-order valence-electron chi connectivity index (χ4n) is 0.828. The zero-order valence-electron chi connectivity index (χ0n) is 6.80. The Morgan fingerprint density at radius 2 is 1.00 bits per heavy atom. The van der Waals surface area contributed by atoms with E-state index in [0.29, 0.717) is 0 Å². The van der Waals surface area contributed by atoms with Gasteiger partial charge in [0, 0.05) is 0 Å². The maximum absolute atomic E-state index is 11.5. The van der Waals surface area contributed by atoms with E-state index in [1.807, 2.05) is 0 Å². The summed E-state index contributed by atoms with van der Waals surface area (Å²) in [6.45, 7) is 0. The molecule has 0 nitrogen and oxygen atoms in total. The molecule has 0 aliphatic heterocycles. The third-order valence-electron chi connectivity index (χ3n) is 1.42. The number of rotatable bonds is 4. The number of alkyl halides is 6. The standard InChI is InChI=1S/2C3H4F3.Sn.2H/c2*1-2-3(4,5)6;;;/h2*1-2H2;;;. The van der Waals surface area contributed by atoms with Crippen molar-refractivity contribution in [2.45, 2.75) is 34.1 Å². The van der Waals surface area contributed by atoms with Gasteiger partial charge in [0.1, 0.15) is 0 Å². The molecule has 0 amide bonds. The van der Waals surface area contributed by atoms with Crippen LogP contribution < -0.4 is 0 Å². The first-order valence-electron chi connectivity index (χ1n) is 3.84. The van der Waals surface area contributed by atoms with Gasteiger partial charge in [-0.3, -0.25) is 0 Å².